The van der Waals surface area contributed by atoms with E-state index < -0.39 is 0 Å². The molecule has 0 bridgehead atoms. The van der Waals surface area contributed by atoms with Crippen molar-refractivity contribution in [2.24, 2.45) is 0 Å². The fourth-order valence-corrected chi connectivity index (χ4v) is 3.31. The number of carbonyl (C=O) groups is 1. The fourth-order valence-electron chi connectivity index (χ4n) is 3.31. The van der Waals surface area contributed by atoms with Crippen LogP contribution in [-0.2, 0) is 6.42 Å². The van der Waals surface area contributed by atoms with Gasteiger partial charge >= 0.3 is 0 Å². The summed E-state index contributed by atoms with van der Waals surface area (Å²) in [4.78, 5) is 12.5. The number of ketones is 1. The van der Waals surface area contributed by atoms with Crippen LogP contribution in [0.25, 0.3) is 11.1 Å². The number of nitrogens with one attached hydrogen (secondary N) is 1. The normalized spacial score (nSPS) is 11.6. The predicted molar refractivity (Wildman–Crippen MR) is 100 cm³/mol. The van der Waals surface area contributed by atoms with E-state index in [0.29, 0.717) is 0 Å². The van der Waals surface area contributed by atoms with Gasteiger partial charge in [0.05, 0.1) is 13.7 Å². The Labute approximate surface area is 147 Å². The van der Waals surface area contributed by atoms with Crippen LogP contribution < -0.4 is 10.1 Å². The number of hydrogen-bond acceptors (Lipinski definition) is 3. The van der Waals surface area contributed by atoms with Gasteiger partial charge in [-0.05, 0) is 59.0 Å². The summed E-state index contributed by atoms with van der Waals surface area (Å²) in [6.07, 6.45) is 0.901. The van der Waals surface area contributed by atoms with Crippen molar-refractivity contribution in [1.29, 1.82) is 0 Å². The van der Waals surface area contributed by atoms with Gasteiger partial charge in [-0.25, -0.2) is 0 Å². The molecule has 3 aromatic rings. The number of Topliss-reactive ketones (excluding diaryl/α,β-unsaturated/α-hetero) is 1. The number of anilines is 1. The standard InChI is InChI=1S/C22H19NO2/c1-25-19-9-7-18(8-10-19)23-14-22(24)16-6-11-21-17(13-16)12-15-4-2-3-5-20(15)21/h2-11,13,23H,12,14H2,1H3. The van der Waals surface area contributed by atoms with Gasteiger partial charge < -0.3 is 10.1 Å². The van der Waals surface area contributed by atoms with Gasteiger partial charge in [0.1, 0.15) is 5.75 Å². The molecule has 0 fully saturated rings. The number of benzene rings is 3. The van der Waals surface area contributed by atoms with Gasteiger partial charge in [-0.1, -0.05) is 36.4 Å². The van der Waals surface area contributed by atoms with Crippen molar-refractivity contribution >= 4 is 11.5 Å². The number of carbonyl (C=O) groups excluding carboxylic acids is 1. The monoisotopic (exact) mass is 329 g/mol. The molecular formula is C22H19NO2. The lowest BCUT2D eigenvalue weighted by Gasteiger charge is -2.08. The Morgan fingerprint density at radius 1 is 0.960 bits per heavy atom. The lowest BCUT2D eigenvalue weighted by Crippen LogP contribution is -2.14. The number of rotatable bonds is 5. The first-order valence-corrected chi connectivity index (χ1v) is 8.37. The Bertz CT molecular complexity index is 929. The molecule has 25 heavy (non-hydrogen) atoms. The third-order valence-electron chi connectivity index (χ3n) is 4.66. The molecule has 0 unspecified atom stereocenters. The average molecular weight is 329 g/mol. The van der Waals surface area contributed by atoms with E-state index >= 15 is 0 Å². The molecule has 0 amide bonds. The summed E-state index contributed by atoms with van der Waals surface area (Å²) in [5.74, 6) is 0.893. The fraction of sp³-hybridized carbons (Fsp3) is 0.136. The highest BCUT2D eigenvalue weighted by Crippen LogP contribution is 2.36. The molecule has 3 heteroatoms. The van der Waals surface area contributed by atoms with E-state index in [-0.39, 0.29) is 12.3 Å². The molecule has 1 N–H and O–H groups in total. The maximum Gasteiger partial charge on any atom is 0.181 e. The first kappa shape index (κ1) is 15.5. The van der Waals surface area contributed by atoms with Crippen molar-refractivity contribution in [1.82, 2.24) is 0 Å². The summed E-state index contributed by atoms with van der Waals surface area (Å²) in [7, 11) is 1.64. The molecule has 124 valence electrons. The Balaban J connectivity index is 1.47. The van der Waals surface area contributed by atoms with Crippen LogP contribution in [0.2, 0.25) is 0 Å². The SMILES string of the molecule is COc1ccc(NCC(=O)c2ccc3c(c2)Cc2ccccc2-3)cc1. The number of hydrogen-bond donors (Lipinski definition) is 1. The minimum absolute atomic E-state index is 0.0922. The third-order valence-corrected chi connectivity index (χ3v) is 4.66. The zero-order valence-electron chi connectivity index (χ0n) is 14.1. The molecule has 0 saturated carbocycles. The quantitative estimate of drug-likeness (QED) is 0.545. The lowest BCUT2D eigenvalue weighted by molar-refractivity contribution is 0.101. The zero-order chi connectivity index (χ0) is 17.2. The van der Waals surface area contributed by atoms with Crippen LogP contribution >= 0.6 is 0 Å². The first-order chi connectivity index (χ1) is 12.2. The van der Waals surface area contributed by atoms with E-state index in [0.717, 1.165) is 23.4 Å². The highest BCUT2D eigenvalue weighted by Gasteiger charge is 2.19. The molecule has 3 nitrogen and oxygen atoms in total. The van der Waals surface area contributed by atoms with Crippen LogP contribution in [0.15, 0.2) is 66.7 Å². The minimum Gasteiger partial charge on any atom is -0.497 e. The van der Waals surface area contributed by atoms with Gasteiger partial charge in [-0.15, -0.1) is 0 Å². The first-order valence-electron chi connectivity index (χ1n) is 8.37. The Hall–Kier alpha value is -3.07. The van der Waals surface area contributed by atoms with E-state index in [1.54, 1.807) is 7.11 Å². The van der Waals surface area contributed by atoms with E-state index in [2.05, 4.69) is 35.6 Å². The minimum atomic E-state index is 0.0922. The van der Waals surface area contributed by atoms with Crippen molar-refractivity contribution in [2.45, 2.75) is 6.42 Å². The third kappa shape index (κ3) is 3.01. The molecule has 0 radical (unpaired) electrons. The van der Waals surface area contributed by atoms with Crippen LogP contribution in [0.3, 0.4) is 0 Å². The largest absolute Gasteiger partial charge is 0.497 e. The summed E-state index contributed by atoms with van der Waals surface area (Å²) >= 11 is 0. The molecule has 0 heterocycles. The van der Waals surface area contributed by atoms with E-state index in [1.807, 2.05) is 36.4 Å². The van der Waals surface area contributed by atoms with Crippen LogP contribution in [0.5, 0.6) is 5.75 Å². The summed E-state index contributed by atoms with van der Waals surface area (Å²) in [5, 5.41) is 3.17. The van der Waals surface area contributed by atoms with Crippen molar-refractivity contribution in [3.63, 3.8) is 0 Å². The lowest BCUT2D eigenvalue weighted by atomic mass is 10.0. The maximum atomic E-state index is 12.5. The topological polar surface area (TPSA) is 38.3 Å². The molecule has 1 aliphatic carbocycles. The molecule has 3 aromatic carbocycles. The van der Waals surface area contributed by atoms with Gasteiger partial charge in [-0.2, -0.15) is 0 Å². The summed E-state index contributed by atoms with van der Waals surface area (Å²) in [6, 6.07) is 22.0. The van der Waals surface area contributed by atoms with Gasteiger partial charge in [0.2, 0.25) is 0 Å². The summed E-state index contributed by atoms with van der Waals surface area (Å²) < 4.78 is 5.14. The molecule has 0 spiro atoms. The van der Waals surface area contributed by atoms with E-state index in [1.165, 1.54) is 22.3 Å². The Morgan fingerprint density at radius 2 is 1.72 bits per heavy atom. The maximum absolute atomic E-state index is 12.5. The predicted octanol–water partition coefficient (Wildman–Crippen LogP) is 4.56. The van der Waals surface area contributed by atoms with Crippen molar-refractivity contribution in [3.8, 4) is 16.9 Å². The van der Waals surface area contributed by atoms with Crippen LogP contribution in [0.1, 0.15) is 21.5 Å². The van der Waals surface area contributed by atoms with Crippen molar-refractivity contribution in [3.05, 3.63) is 83.4 Å². The van der Waals surface area contributed by atoms with Gasteiger partial charge in [-0.3, -0.25) is 4.79 Å². The molecule has 4 rings (SSSR count). The average Bonchev–Trinajstić information content (AvgIpc) is 3.04. The second-order valence-corrected chi connectivity index (χ2v) is 6.21. The number of methoxy groups -OCH3 is 1. The smallest absolute Gasteiger partial charge is 0.181 e. The molecule has 0 atom stereocenters. The molecule has 0 saturated heterocycles. The Kier molecular flexibility index (Phi) is 3.98. The summed E-state index contributed by atoms with van der Waals surface area (Å²) in [6.45, 7) is 0.276. The van der Waals surface area contributed by atoms with Gasteiger partial charge in [0, 0.05) is 11.3 Å². The molecule has 1 aliphatic rings. The molecule has 0 aliphatic heterocycles. The van der Waals surface area contributed by atoms with E-state index in [4.69, 9.17) is 4.74 Å². The highest BCUT2D eigenvalue weighted by atomic mass is 16.5. The number of ether oxygens (including phenoxy) is 1. The van der Waals surface area contributed by atoms with Crippen molar-refractivity contribution < 1.29 is 9.53 Å². The second kappa shape index (κ2) is 6.44. The van der Waals surface area contributed by atoms with Gasteiger partial charge in [0.25, 0.3) is 0 Å². The van der Waals surface area contributed by atoms with Crippen LogP contribution in [-0.4, -0.2) is 19.4 Å². The second-order valence-electron chi connectivity index (χ2n) is 6.21. The van der Waals surface area contributed by atoms with Gasteiger partial charge in [0.15, 0.2) is 5.78 Å². The summed E-state index contributed by atoms with van der Waals surface area (Å²) in [5.41, 5.74) is 6.76. The zero-order valence-corrected chi connectivity index (χ0v) is 14.1. The van der Waals surface area contributed by atoms with E-state index in [9.17, 15) is 4.79 Å². The van der Waals surface area contributed by atoms with Crippen LogP contribution in [0.4, 0.5) is 5.69 Å². The number of fused-ring (bicyclic) bond motifs is 3. The van der Waals surface area contributed by atoms with Crippen LogP contribution in [0, 0.1) is 0 Å². The molecular weight excluding hydrogens is 310 g/mol. The Morgan fingerprint density at radius 3 is 2.52 bits per heavy atom. The van der Waals surface area contributed by atoms with Crippen molar-refractivity contribution in [2.75, 3.05) is 19.0 Å². The molecule has 0 aromatic heterocycles. The highest BCUT2D eigenvalue weighted by molar-refractivity contribution is 6.00.